The highest BCUT2D eigenvalue weighted by molar-refractivity contribution is 7.88. The second-order valence-corrected chi connectivity index (χ2v) is 6.19. The van der Waals surface area contributed by atoms with Crippen molar-refractivity contribution in [2.24, 2.45) is 0 Å². The van der Waals surface area contributed by atoms with Crippen LogP contribution in [0, 0.1) is 0 Å². The lowest BCUT2D eigenvalue weighted by molar-refractivity contribution is -0.109. The van der Waals surface area contributed by atoms with Gasteiger partial charge in [0.1, 0.15) is 0 Å². The molecule has 104 valence electrons. The second kappa shape index (κ2) is 5.68. The molecule has 0 amide bonds. The van der Waals surface area contributed by atoms with Gasteiger partial charge in [0.15, 0.2) is 0 Å². The lowest BCUT2D eigenvalue weighted by Gasteiger charge is -2.25. The molecule has 1 aliphatic rings. The quantitative estimate of drug-likeness (QED) is 0.899. The molecule has 0 radical (unpaired) electrons. The van der Waals surface area contributed by atoms with E-state index in [9.17, 15) is 13.2 Å². The summed E-state index contributed by atoms with van der Waals surface area (Å²) in [4.78, 5) is 16.0. The van der Waals surface area contributed by atoms with Gasteiger partial charge in [0, 0.05) is 6.54 Å². The van der Waals surface area contributed by atoms with Crippen molar-refractivity contribution in [1.29, 1.82) is 0 Å². The molecule has 7 heteroatoms. The molecule has 1 aromatic carbocycles. The van der Waals surface area contributed by atoms with E-state index in [1.165, 1.54) is 18.2 Å². The Hall–Kier alpha value is -1.44. The van der Waals surface area contributed by atoms with Gasteiger partial charge in [-0.05, 0) is 30.5 Å². The van der Waals surface area contributed by atoms with Crippen LogP contribution in [-0.4, -0.2) is 37.1 Å². The Kier molecular flexibility index (Phi) is 4.18. The van der Waals surface area contributed by atoms with Crippen molar-refractivity contribution in [3.63, 3.8) is 0 Å². The van der Waals surface area contributed by atoms with Crippen molar-refractivity contribution in [2.75, 3.05) is 13.2 Å². The number of hydrogen-bond donors (Lipinski definition) is 1. The number of carboxylic acid groups (broad SMARTS) is 1. The molecule has 0 aliphatic carbocycles. The lowest BCUT2D eigenvalue weighted by Crippen LogP contribution is -2.36. The van der Waals surface area contributed by atoms with Crippen molar-refractivity contribution in [1.82, 2.24) is 4.47 Å². The van der Waals surface area contributed by atoms with E-state index in [0.717, 1.165) is 17.3 Å². The van der Waals surface area contributed by atoms with Crippen LogP contribution < -0.4 is 0 Å². The fourth-order valence-corrected chi connectivity index (χ4v) is 3.26. The smallest absolute Gasteiger partial charge is 0.335 e. The largest absolute Gasteiger partial charge is 0.478 e. The Morgan fingerprint density at radius 3 is 2.79 bits per heavy atom. The zero-order valence-electron chi connectivity index (χ0n) is 10.3. The maximum Gasteiger partial charge on any atom is 0.335 e. The molecule has 0 spiro atoms. The van der Waals surface area contributed by atoms with Gasteiger partial charge in [-0.25, -0.2) is 13.2 Å². The molecule has 1 aromatic rings. The molecular weight excluding hydrogens is 270 g/mol. The first-order valence-corrected chi connectivity index (χ1v) is 7.55. The third-order valence-electron chi connectivity index (χ3n) is 2.80. The van der Waals surface area contributed by atoms with Gasteiger partial charge < -0.3 is 5.11 Å². The maximum absolute atomic E-state index is 12.1. The number of nitrogens with zero attached hydrogens (tertiary/aromatic N) is 1. The SMILES string of the molecule is O=C(O)c1cccc(CS(=O)(=O)N2CCCCO2)c1. The minimum Gasteiger partial charge on any atom is -0.478 e. The molecule has 0 bridgehead atoms. The van der Waals surface area contributed by atoms with E-state index in [2.05, 4.69) is 0 Å². The van der Waals surface area contributed by atoms with Gasteiger partial charge in [-0.1, -0.05) is 16.6 Å². The summed E-state index contributed by atoms with van der Waals surface area (Å²) < 4.78 is 25.2. The van der Waals surface area contributed by atoms with Crippen molar-refractivity contribution in [3.05, 3.63) is 35.4 Å². The molecule has 0 atom stereocenters. The van der Waals surface area contributed by atoms with Crippen LogP contribution in [0.1, 0.15) is 28.8 Å². The Morgan fingerprint density at radius 1 is 1.37 bits per heavy atom. The van der Waals surface area contributed by atoms with Crippen molar-refractivity contribution in [2.45, 2.75) is 18.6 Å². The minimum absolute atomic E-state index is 0.0762. The Balaban J connectivity index is 2.15. The molecule has 1 saturated heterocycles. The second-order valence-electron chi connectivity index (χ2n) is 4.33. The average Bonchev–Trinajstić information content (AvgIpc) is 2.39. The summed E-state index contributed by atoms with van der Waals surface area (Å²) in [6.45, 7) is 0.745. The summed E-state index contributed by atoms with van der Waals surface area (Å²) in [6, 6.07) is 5.92. The summed E-state index contributed by atoms with van der Waals surface area (Å²) in [5.41, 5.74) is 0.515. The van der Waals surface area contributed by atoms with Crippen molar-refractivity contribution >= 4 is 16.0 Å². The number of carbonyl (C=O) groups is 1. The number of hydroxylamine groups is 1. The lowest BCUT2D eigenvalue weighted by atomic mass is 10.1. The molecule has 1 heterocycles. The topological polar surface area (TPSA) is 83.9 Å². The van der Waals surface area contributed by atoms with Gasteiger partial charge in [-0.3, -0.25) is 4.84 Å². The van der Waals surface area contributed by atoms with Gasteiger partial charge in [0.2, 0.25) is 10.0 Å². The van der Waals surface area contributed by atoms with Gasteiger partial charge in [0.25, 0.3) is 0 Å². The summed E-state index contributed by atoms with van der Waals surface area (Å²) in [5, 5.41) is 8.87. The van der Waals surface area contributed by atoms with Crippen LogP contribution >= 0.6 is 0 Å². The summed E-state index contributed by atoms with van der Waals surface area (Å²) in [7, 11) is -3.56. The molecule has 0 aromatic heterocycles. The average molecular weight is 285 g/mol. The Labute approximate surface area is 111 Å². The van der Waals surface area contributed by atoms with Crippen LogP contribution in [0.4, 0.5) is 0 Å². The van der Waals surface area contributed by atoms with Crippen molar-refractivity contribution < 1.29 is 23.2 Å². The molecule has 1 fully saturated rings. The highest BCUT2D eigenvalue weighted by atomic mass is 32.2. The molecule has 2 rings (SSSR count). The normalized spacial score (nSPS) is 17.3. The van der Waals surface area contributed by atoms with Gasteiger partial charge >= 0.3 is 5.97 Å². The zero-order chi connectivity index (χ0) is 13.9. The van der Waals surface area contributed by atoms with Crippen LogP contribution in [0.2, 0.25) is 0 Å². The minimum atomic E-state index is -3.56. The van der Waals surface area contributed by atoms with Crippen LogP contribution in [0.25, 0.3) is 0 Å². The molecule has 0 unspecified atom stereocenters. The van der Waals surface area contributed by atoms with E-state index >= 15 is 0 Å². The number of sulfonamides is 1. The van der Waals surface area contributed by atoms with Crippen LogP contribution in [0.3, 0.4) is 0 Å². The summed E-state index contributed by atoms with van der Waals surface area (Å²) in [5.74, 6) is -1.33. The van der Waals surface area contributed by atoms with Crippen molar-refractivity contribution in [3.8, 4) is 0 Å². The molecule has 6 nitrogen and oxygen atoms in total. The van der Waals surface area contributed by atoms with E-state index in [1.54, 1.807) is 6.07 Å². The van der Waals surface area contributed by atoms with Crippen LogP contribution in [0.15, 0.2) is 24.3 Å². The Bertz CT molecular complexity index is 563. The number of rotatable bonds is 4. The number of carboxylic acids is 1. The van der Waals surface area contributed by atoms with E-state index in [4.69, 9.17) is 9.94 Å². The fraction of sp³-hybridized carbons (Fsp3) is 0.417. The monoisotopic (exact) mass is 285 g/mol. The standard InChI is InChI=1S/C12H15NO5S/c14-12(15)11-5-3-4-10(8-11)9-19(16,17)13-6-1-2-7-18-13/h3-5,8H,1-2,6-7,9H2,(H,14,15). The zero-order valence-corrected chi connectivity index (χ0v) is 11.1. The van der Waals surface area contributed by atoms with Crippen LogP contribution in [-0.2, 0) is 20.6 Å². The number of hydrogen-bond acceptors (Lipinski definition) is 4. The molecular formula is C12H15NO5S. The van der Waals surface area contributed by atoms with Gasteiger partial charge in [-0.15, -0.1) is 0 Å². The Morgan fingerprint density at radius 2 is 2.16 bits per heavy atom. The van der Waals surface area contributed by atoms with Crippen LogP contribution in [0.5, 0.6) is 0 Å². The van der Waals surface area contributed by atoms with E-state index in [0.29, 0.717) is 18.7 Å². The number of benzene rings is 1. The molecule has 0 saturated carbocycles. The van der Waals surface area contributed by atoms with Gasteiger partial charge in [-0.2, -0.15) is 0 Å². The first-order chi connectivity index (χ1) is 8.99. The van der Waals surface area contributed by atoms with E-state index < -0.39 is 16.0 Å². The highest BCUT2D eigenvalue weighted by Gasteiger charge is 2.25. The van der Waals surface area contributed by atoms with E-state index in [1.807, 2.05) is 0 Å². The number of aromatic carboxylic acids is 1. The highest BCUT2D eigenvalue weighted by Crippen LogP contribution is 2.16. The predicted octanol–water partition coefficient (Wildman–Crippen LogP) is 1.24. The third kappa shape index (κ3) is 3.52. The molecule has 19 heavy (non-hydrogen) atoms. The molecule has 1 N–H and O–H groups in total. The summed E-state index contributed by atoms with van der Waals surface area (Å²) in [6.07, 6.45) is 1.62. The third-order valence-corrected chi connectivity index (χ3v) is 4.41. The first-order valence-electron chi connectivity index (χ1n) is 5.94. The van der Waals surface area contributed by atoms with Gasteiger partial charge in [0.05, 0.1) is 17.9 Å². The summed E-state index contributed by atoms with van der Waals surface area (Å²) >= 11 is 0. The molecule has 1 aliphatic heterocycles. The fourth-order valence-electron chi connectivity index (χ4n) is 1.87. The predicted molar refractivity (Wildman–Crippen MR) is 67.9 cm³/mol. The van der Waals surface area contributed by atoms with E-state index in [-0.39, 0.29) is 11.3 Å². The maximum atomic E-state index is 12.1. The first kappa shape index (κ1) is 14.0.